The zero-order valence-electron chi connectivity index (χ0n) is 11.4. The normalized spacial score (nSPS) is 11.1. The van der Waals surface area contributed by atoms with Crippen LogP contribution in [0.15, 0.2) is 59.4 Å². The molecule has 0 atom stereocenters. The van der Waals surface area contributed by atoms with Gasteiger partial charge in [0.25, 0.3) is 5.56 Å². The molecular weight excluding hydrogens is 300 g/mol. The molecule has 0 saturated heterocycles. The van der Waals surface area contributed by atoms with Crippen molar-refractivity contribution in [1.29, 1.82) is 0 Å². The van der Waals surface area contributed by atoms with Crippen LogP contribution < -0.4 is 5.56 Å². The van der Waals surface area contributed by atoms with Gasteiger partial charge in [0.15, 0.2) is 0 Å². The molecule has 108 valence electrons. The summed E-state index contributed by atoms with van der Waals surface area (Å²) in [5, 5.41) is 3.72. The summed E-state index contributed by atoms with van der Waals surface area (Å²) >= 11 is 5.88. The van der Waals surface area contributed by atoms with Crippen molar-refractivity contribution in [3.05, 3.63) is 70.0 Å². The van der Waals surface area contributed by atoms with E-state index in [0.29, 0.717) is 16.7 Å². The third-order valence-corrected chi connectivity index (χ3v) is 3.72. The largest absolute Gasteiger partial charge is 0.322 e. The Hall–Kier alpha value is -2.79. The van der Waals surface area contributed by atoms with Crippen LogP contribution in [0.4, 0.5) is 0 Å². The molecule has 0 spiro atoms. The molecule has 2 aromatic heterocycles. The third kappa shape index (κ3) is 2.12. The van der Waals surface area contributed by atoms with Crippen molar-refractivity contribution in [2.24, 2.45) is 0 Å². The van der Waals surface area contributed by atoms with E-state index in [4.69, 9.17) is 11.6 Å². The number of nitrogens with one attached hydrogen (secondary N) is 2. The van der Waals surface area contributed by atoms with Gasteiger partial charge in [-0.05, 0) is 29.8 Å². The number of para-hydroxylation sites is 2. The number of rotatable bonds is 2. The highest BCUT2D eigenvalue weighted by molar-refractivity contribution is 6.30. The van der Waals surface area contributed by atoms with Gasteiger partial charge in [-0.2, -0.15) is 4.68 Å². The Morgan fingerprint density at radius 1 is 1.05 bits per heavy atom. The summed E-state index contributed by atoms with van der Waals surface area (Å²) in [4.78, 5) is 19.7. The van der Waals surface area contributed by atoms with Gasteiger partial charge >= 0.3 is 0 Å². The summed E-state index contributed by atoms with van der Waals surface area (Å²) < 4.78 is 1.39. The van der Waals surface area contributed by atoms with Crippen LogP contribution in [0.3, 0.4) is 0 Å². The van der Waals surface area contributed by atoms with Gasteiger partial charge in [0, 0.05) is 11.1 Å². The molecule has 0 bridgehead atoms. The van der Waals surface area contributed by atoms with E-state index in [1.165, 1.54) is 10.7 Å². The first kappa shape index (κ1) is 12.9. The lowest BCUT2D eigenvalue weighted by molar-refractivity contribution is 0.804. The Morgan fingerprint density at radius 3 is 2.59 bits per heavy atom. The molecule has 22 heavy (non-hydrogen) atoms. The van der Waals surface area contributed by atoms with Crippen molar-refractivity contribution < 1.29 is 0 Å². The fourth-order valence-corrected chi connectivity index (χ4v) is 2.50. The van der Waals surface area contributed by atoms with Crippen LogP contribution in [0.25, 0.3) is 28.2 Å². The van der Waals surface area contributed by atoms with E-state index in [2.05, 4.69) is 15.1 Å². The highest BCUT2D eigenvalue weighted by atomic mass is 35.5. The molecule has 0 unspecified atom stereocenters. The van der Waals surface area contributed by atoms with Gasteiger partial charge in [-0.3, -0.25) is 9.89 Å². The molecule has 2 N–H and O–H groups in total. The number of benzene rings is 2. The van der Waals surface area contributed by atoms with Gasteiger partial charge in [-0.15, -0.1) is 0 Å². The highest BCUT2D eigenvalue weighted by Crippen LogP contribution is 2.19. The van der Waals surface area contributed by atoms with E-state index < -0.39 is 0 Å². The third-order valence-electron chi connectivity index (χ3n) is 3.46. The molecule has 0 saturated carbocycles. The first-order valence-electron chi connectivity index (χ1n) is 6.74. The summed E-state index contributed by atoms with van der Waals surface area (Å²) in [7, 11) is 0. The molecule has 5 nitrogen and oxygen atoms in total. The van der Waals surface area contributed by atoms with E-state index in [1.54, 1.807) is 12.1 Å². The Labute approximate surface area is 130 Å². The van der Waals surface area contributed by atoms with Crippen LogP contribution >= 0.6 is 11.6 Å². The van der Waals surface area contributed by atoms with E-state index in [0.717, 1.165) is 16.6 Å². The Kier molecular flexibility index (Phi) is 2.87. The Bertz CT molecular complexity index is 977. The van der Waals surface area contributed by atoms with E-state index in [-0.39, 0.29) is 5.56 Å². The maximum Gasteiger partial charge on any atom is 0.274 e. The molecule has 0 aliphatic heterocycles. The number of hydrogen-bond acceptors (Lipinski definition) is 2. The van der Waals surface area contributed by atoms with Gasteiger partial charge in [0.05, 0.1) is 16.7 Å². The molecule has 4 aromatic rings. The second kappa shape index (κ2) is 4.89. The van der Waals surface area contributed by atoms with Crippen molar-refractivity contribution in [1.82, 2.24) is 19.7 Å². The number of hydrogen-bond donors (Lipinski definition) is 2. The number of aromatic nitrogens is 4. The number of fused-ring (bicyclic) bond motifs is 1. The minimum atomic E-state index is -0.177. The molecule has 0 aliphatic carbocycles. The topological polar surface area (TPSA) is 66.5 Å². The van der Waals surface area contributed by atoms with Crippen molar-refractivity contribution in [3.63, 3.8) is 0 Å². The Morgan fingerprint density at radius 2 is 1.82 bits per heavy atom. The smallest absolute Gasteiger partial charge is 0.274 e. The fourth-order valence-electron chi connectivity index (χ4n) is 2.38. The molecule has 6 heteroatoms. The van der Waals surface area contributed by atoms with E-state index in [1.807, 2.05) is 36.4 Å². The van der Waals surface area contributed by atoms with Crippen molar-refractivity contribution >= 4 is 22.6 Å². The first-order chi connectivity index (χ1) is 10.7. The monoisotopic (exact) mass is 310 g/mol. The van der Waals surface area contributed by atoms with Gasteiger partial charge in [-0.1, -0.05) is 35.9 Å². The van der Waals surface area contributed by atoms with Gasteiger partial charge < -0.3 is 4.98 Å². The van der Waals surface area contributed by atoms with E-state index in [9.17, 15) is 4.79 Å². The second-order valence-electron chi connectivity index (χ2n) is 4.93. The minimum absolute atomic E-state index is 0.177. The van der Waals surface area contributed by atoms with Crippen LogP contribution in [-0.2, 0) is 0 Å². The van der Waals surface area contributed by atoms with Crippen LogP contribution in [0, 0.1) is 0 Å². The molecule has 0 amide bonds. The van der Waals surface area contributed by atoms with Crippen LogP contribution in [0.5, 0.6) is 0 Å². The van der Waals surface area contributed by atoms with Gasteiger partial charge in [0.2, 0.25) is 5.95 Å². The highest BCUT2D eigenvalue weighted by Gasteiger charge is 2.10. The SMILES string of the molecule is O=c1cc(-c2ccc(Cl)cc2)[nH]n1-c1nc2ccccc2[nH]1. The molecule has 2 heterocycles. The van der Waals surface area contributed by atoms with Crippen molar-refractivity contribution in [3.8, 4) is 17.2 Å². The summed E-state index contributed by atoms with van der Waals surface area (Å²) in [6, 6.07) is 16.5. The van der Waals surface area contributed by atoms with Gasteiger partial charge in [-0.25, -0.2) is 4.98 Å². The summed E-state index contributed by atoms with van der Waals surface area (Å²) in [5.41, 5.74) is 3.11. The van der Waals surface area contributed by atoms with Gasteiger partial charge in [0.1, 0.15) is 0 Å². The Balaban J connectivity index is 1.82. The molecule has 0 aliphatic rings. The first-order valence-corrected chi connectivity index (χ1v) is 7.12. The average molecular weight is 311 g/mol. The molecule has 2 aromatic carbocycles. The summed E-state index contributed by atoms with van der Waals surface area (Å²) in [6.45, 7) is 0. The fraction of sp³-hybridized carbons (Fsp3) is 0. The lowest BCUT2D eigenvalue weighted by atomic mass is 10.2. The lowest BCUT2D eigenvalue weighted by Gasteiger charge is -1.99. The molecule has 0 radical (unpaired) electrons. The predicted molar refractivity (Wildman–Crippen MR) is 86.5 cm³/mol. The zero-order chi connectivity index (χ0) is 15.1. The van der Waals surface area contributed by atoms with Crippen LogP contribution in [-0.4, -0.2) is 19.7 Å². The molecular formula is C16H11ClN4O. The number of aromatic amines is 2. The number of nitrogens with zero attached hydrogens (tertiary/aromatic N) is 2. The number of halogens is 1. The molecule has 0 fully saturated rings. The standard InChI is InChI=1S/C16H11ClN4O/c17-11-7-5-10(6-8-11)14-9-15(22)21(20-14)16-18-12-3-1-2-4-13(12)19-16/h1-9,20H,(H,18,19). The quantitative estimate of drug-likeness (QED) is 0.596. The van der Waals surface area contributed by atoms with E-state index >= 15 is 0 Å². The maximum atomic E-state index is 12.2. The molecule has 4 rings (SSSR count). The average Bonchev–Trinajstić information content (AvgIpc) is 3.11. The summed E-state index contributed by atoms with van der Waals surface area (Å²) in [6.07, 6.45) is 0. The van der Waals surface area contributed by atoms with Crippen LogP contribution in [0.2, 0.25) is 5.02 Å². The van der Waals surface area contributed by atoms with Crippen LogP contribution in [0.1, 0.15) is 0 Å². The second-order valence-corrected chi connectivity index (χ2v) is 5.36. The lowest BCUT2D eigenvalue weighted by Crippen LogP contribution is -2.14. The maximum absolute atomic E-state index is 12.2. The number of H-pyrrole nitrogens is 2. The predicted octanol–water partition coefficient (Wildman–Crippen LogP) is 3.36. The van der Waals surface area contributed by atoms with Crippen molar-refractivity contribution in [2.75, 3.05) is 0 Å². The van der Waals surface area contributed by atoms with Crippen molar-refractivity contribution in [2.45, 2.75) is 0 Å². The minimum Gasteiger partial charge on any atom is -0.322 e. The number of imidazole rings is 1. The summed E-state index contributed by atoms with van der Waals surface area (Å²) in [5.74, 6) is 0.464. The zero-order valence-corrected chi connectivity index (χ0v) is 12.1.